The van der Waals surface area contributed by atoms with Crippen molar-refractivity contribution in [3.8, 4) is 0 Å². The smallest absolute Gasteiger partial charge is 0.326 e. The van der Waals surface area contributed by atoms with Crippen LogP contribution in [-0.4, -0.2) is 37.8 Å². The fraction of sp³-hybridized carbons (Fsp3) is 0.385. The molecule has 0 saturated heterocycles. The Morgan fingerprint density at radius 1 is 1.09 bits per heavy atom. The number of amides is 2. The van der Waals surface area contributed by atoms with Gasteiger partial charge in [-0.15, -0.1) is 0 Å². The van der Waals surface area contributed by atoms with E-state index in [1.807, 2.05) is 0 Å². The van der Waals surface area contributed by atoms with Crippen LogP contribution in [0.2, 0.25) is 0 Å². The molecule has 0 saturated carbocycles. The van der Waals surface area contributed by atoms with Crippen LogP contribution in [0.1, 0.15) is 13.8 Å². The molecule has 1 rings (SSSR count). The van der Waals surface area contributed by atoms with E-state index >= 15 is 0 Å². The first-order valence-electron chi connectivity index (χ1n) is 6.46. The average Bonchev–Trinajstić information content (AvgIpc) is 2.36. The summed E-state index contributed by atoms with van der Waals surface area (Å²) in [7, 11) is -3.36. The lowest BCUT2D eigenvalue weighted by Crippen LogP contribution is -2.46. The van der Waals surface area contributed by atoms with E-state index < -0.39 is 28.1 Å². The van der Waals surface area contributed by atoms with Crippen LogP contribution in [0.5, 0.6) is 0 Å². The zero-order chi connectivity index (χ0) is 16.9. The van der Waals surface area contributed by atoms with Gasteiger partial charge in [-0.25, -0.2) is 18.0 Å². The van der Waals surface area contributed by atoms with Crippen LogP contribution in [0.3, 0.4) is 0 Å². The van der Waals surface area contributed by atoms with Crippen LogP contribution in [0, 0.1) is 5.92 Å². The summed E-state index contributed by atoms with van der Waals surface area (Å²) in [4.78, 5) is 22.7. The van der Waals surface area contributed by atoms with Gasteiger partial charge in [-0.1, -0.05) is 13.8 Å². The Hall–Kier alpha value is -2.29. The summed E-state index contributed by atoms with van der Waals surface area (Å²) < 4.78 is 24.4. The minimum absolute atomic E-state index is 0.260. The number of anilines is 2. The SMILES string of the molecule is CC(C)C(NC(=O)Nc1ccc(NS(C)(=O)=O)cc1)C(=O)O. The molecule has 9 heteroatoms. The van der Waals surface area contributed by atoms with Crippen molar-refractivity contribution < 1.29 is 23.1 Å². The summed E-state index contributed by atoms with van der Waals surface area (Å²) in [6.07, 6.45) is 1.03. The molecule has 0 aliphatic rings. The Morgan fingerprint density at radius 3 is 2.00 bits per heavy atom. The molecule has 0 radical (unpaired) electrons. The lowest BCUT2D eigenvalue weighted by molar-refractivity contribution is -0.140. The molecule has 0 fully saturated rings. The number of carboxylic acids is 1. The molecular formula is C13H19N3O5S. The third kappa shape index (κ3) is 6.00. The van der Waals surface area contributed by atoms with E-state index in [1.165, 1.54) is 24.3 Å². The van der Waals surface area contributed by atoms with Gasteiger partial charge in [0.05, 0.1) is 6.26 Å². The first-order chi connectivity index (χ1) is 10.1. The number of nitrogens with one attached hydrogen (secondary N) is 3. The Kier molecular flexibility index (Phi) is 5.75. The second-order valence-corrected chi connectivity index (χ2v) is 6.86. The van der Waals surface area contributed by atoms with Crippen LogP contribution >= 0.6 is 0 Å². The van der Waals surface area contributed by atoms with E-state index in [1.54, 1.807) is 13.8 Å². The summed E-state index contributed by atoms with van der Waals surface area (Å²) in [6, 6.07) is 4.31. The van der Waals surface area contributed by atoms with Gasteiger partial charge in [0.15, 0.2) is 0 Å². The highest BCUT2D eigenvalue weighted by atomic mass is 32.2. The summed E-state index contributed by atoms with van der Waals surface area (Å²) in [6.45, 7) is 3.37. The Balaban J connectivity index is 2.67. The number of rotatable bonds is 6. The average molecular weight is 329 g/mol. The molecule has 1 atom stereocenters. The highest BCUT2D eigenvalue weighted by molar-refractivity contribution is 7.92. The van der Waals surface area contributed by atoms with E-state index in [0.29, 0.717) is 11.4 Å². The van der Waals surface area contributed by atoms with Gasteiger partial charge in [-0.3, -0.25) is 4.72 Å². The highest BCUT2D eigenvalue weighted by Gasteiger charge is 2.23. The number of benzene rings is 1. The molecular weight excluding hydrogens is 310 g/mol. The summed E-state index contributed by atoms with van der Waals surface area (Å²) in [5, 5.41) is 13.8. The lowest BCUT2D eigenvalue weighted by atomic mass is 10.1. The molecule has 22 heavy (non-hydrogen) atoms. The van der Waals surface area contributed by atoms with Gasteiger partial charge in [-0.2, -0.15) is 0 Å². The van der Waals surface area contributed by atoms with E-state index in [9.17, 15) is 18.0 Å². The second kappa shape index (κ2) is 7.12. The fourth-order valence-electron chi connectivity index (χ4n) is 1.66. The van der Waals surface area contributed by atoms with Crippen LogP contribution in [0.25, 0.3) is 0 Å². The van der Waals surface area contributed by atoms with Crippen molar-refractivity contribution in [3.63, 3.8) is 0 Å². The summed E-state index contributed by atoms with van der Waals surface area (Å²) >= 11 is 0. The molecule has 0 spiro atoms. The molecule has 0 aliphatic heterocycles. The number of carbonyl (C=O) groups excluding carboxylic acids is 1. The molecule has 1 aromatic rings. The van der Waals surface area contributed by atoms with Gasteiger partial charge in [-0.05, 0) is 30.2 Å². The van der Waals surface area contributed by atoms with Gasteiger partial charge >= 0.3 is 12.0 Å². The molecule has 122 valence electrons. The first kappa shape index (κ1) is 17.8. The molecule has 0 aliphatic carbocycles. The van der Waals surface area contributed by atoms with Gasteiger partial charge < -0.3 is 15.7 Å². The maximum Gasteiger partial charge on any atom is 0.326 e. The zero-order valence-electron chi connectivity index (χ0n) is 12.5. The van der Waals surface area contributed by atoms with E-state index in [0.717, 1.165) is 6.26 Å². The van der Waals surface area contributed by atoms with Crippen LogP contribution in [0.15, 0.2) is 24.3 Å². The molecule has 0 aromatic heterocycles. The van der Waals surface area contributed by atoms with E-state index in [2.05, 4.69) is 15.4 Å². The van der Waals surface area contributed by atoms with E-state index in [4.69, 9.17) is 5.11 Å². The van der Waals surface area contributed by atoms with Crippen molar-refractivity contribution in [1.82, 2.24) is 5.32 Å². The maximum atomic E-state index is 11.7. The van der Waals surface area contributed by atoms with Crippen molar-refractivity contribution in [2.75, 3.05) is 16.3 Å². The quantitative estimate of drug-likeness (QED) is 0.626. The molecule has 1 aromatic carbocycles. The normalized spacial score (nSPS) is 12.5. The van der Waals surface area contributed by atoms with Gasteiger partial charge in [0.1, 0.15) is 6.04 Å². The topological polar surface area (TPSA) is 125 Å². The Labute approximate surface area is 129 Å². The fourth-order valence-corrected chi connectivity index (χ4v) is 2.22. The maximum absolute atomic E-state index is 11.7. The number of hydrogen-bond donors (Lipinski definition) is 4. The highest BCUT2D eigenvalue weighted by Crippen LogP contribution is 2.14. The van der Waals surface area contributed by atoms with Crippen molar-refractivity contribution in [2.24, 2.45) is 5.92 Å². The van der Waals surface area contributed by atoms with E-state index in [-0.39, 0.29) is 5.92 Å². The van der Waals surface area contributed by atoms with Crippen LogP contribution in [0.4, 0.5) is 16.2 Å². The predicted molar refractivity (Wildman–Crippen MR) is 83.3 cm³/mol. The molecule has 8 nitrogen and oxygen atoms in total. The van der Waals surface area contributed by atoms with Crippen LogP contribution in [-0.2, 0) is 14.8 Å². The second-order valence-electron chi connectivity index (χ2n) is 5.11. The van der Waals surface area contributed by atoms with Crippen molar-refractivity contribution in [3.05, 3.63) is 24.3 Å². The minimum Gasteiger partial charge on any atom is -0.480 e. The predicted octanol–water partition coefficient (Wildman–Crippen LogP) is 1.29. The molecule has 0 bridgehead atoms. The third-order valence-corrected chi connectivity index (χ3v) is 3.27. The first-order valence-corrected chi connectivity index (χ1v) is 8.36. The molecule has 1 unspecified atom stereocenters. The monoisotopic (exact) mass is 329 g/mol. The van der Waals surface area contributed by atoms with Crippen molar-refractivity contribution in [2.45, 2.75) is 19.9 Å². The number of carboxylic acid groups (broad SMARTS) is 1. The standard InChI is InChI=1S/C13H19N3O5S/c1-8(2)11(12(17)18)15-13(19)14-9-4-6-10(7-5-9)16-22(3,20)21/h4-8,11,16H,1-3H3,(H,17,18)(H2,14,15,19). The van der Waals surface area contributed by atoms with Crippen LogP contribution < -0.4 is 15.4 Å². The molecule has 4 N–H and O–H groups in total. The number of urea groups is 1. The number of hydrogen-bond acceptors (Lipinski definition) is 4. The van der Waals surface area contributed by atoms with Crippen molar-refractivity contribution in [1.29, 1.82) is 0 Å². The Bertz CT molecular complexity index is 640. The van der Waals surface area contributed by atoms with Gasteiger partial charge in [0.2, 0.25) is 10.0 Å². The molecule has 0 heterocycles. The zero-order valence-corrected chi connectivity index (χ0v) is 13.3. The lowest BCUT2D eigenvalue weighted by Gasteiger charge is -2.18. The summed E-state index contributed by atoms with van der Waals surface area (Å²) in [5.41, 5.74) is 0.767. The Morgan fingerprint density at radius 2 is 1.59 bits per heavy atom. The summed E-state index contributed by atoms with van der Waals surface area (Å²) in [5.74, 6) is -1.37. The number of carbonyl (C=O) groups is 2. The third-order valence-electron chi connectivity index (χ3n) is 2.67. The molecule has 2 amide bonds. The van der Waals surface area contributed by atoms with Crippen molar-refractivity contribution >= 4 is 33.4 Å². The van der Waals surface area contributed by atoms with Gasteiger partial charge in [0.25, 0.3) is 0 Å². The largest absolute Gasteiger partial charge is 0.480 e. The minimum atomic E-state index is -3.36. The number of aliphatic carboxylic acids is 1. The number of sulfonamides is 1. The van der Waals surface area contributed by atoms with Gasteiger partial charge in [0, 0.05) is 11.4 Å².